The lowest BCUT2D eigenvalue weighted by Gasteiger charge is -2.18. The van der Waals surface area contributed by atoms with Crippen LogP contribution in [0.1, 0.15) is 12.0 Å². The van der Waals surface area contributed by atoms with Crippen molar-refractivity contribution < 1.29 is 18.0 Å². The van der Waals surface area contributed by atoms with Crippen molar-refractivity contribution in [1.82, 2.24) is 20.5 Å². The number of hydrogen-bond donors (Lipinski definition) is 2. The van der Waals surface area contributed by atoms with Gasteiger partial charge in [-0.25, -0.2) is 4.79 Å². The van der Waals surface area contributed by atoms with E-state index in [0.29, 0.717) is 19.5 Å². The van der Waals surface area contributed by atoms with Gasteiger partial charge in [0.1, 0.15) is 0 Å². The number of amides is 2. The van der Waals surface area contributed by atoms with E-state index < -0.39 is 12.7 Å². The van der Waals surface area contributed by atoms with Crippen molar-refractivity contribution in [2.45, 2.75) is 19.1 Å². The van der Waals surface area contributed by atoms with Gasteiger partial charge in [0, 0.05) is 25.5 Å². The Morgan fingerprint density at radius 1 is 1.38 bits per heavy atom. The molecule has 1 rings (SSSR count). The summed E-state index contributed by atoms with van der Waals surface area (Å²) in [5.41, 5.74) is 0.873. The molecule has 0 atom stereocenters. The minimum Gasteiger partial charge on any atom is -0.338 e. The van der Waals surface area contributed by atoms with Gasteiger partial charge in [0.25, 0.3) is 0 Å². The summed E-state index contributed by atoms with van der Waals surface area (Å²) in [6.07, 6.45) is -0.455. The zero-order valence-corrected chi connectivity index (χ0v) is 11.8. The van der Waals surface area contributed by atoms with Crippen LogP contribution in [0.25, 0.3) is 0 Å². The monoisotopic (exact) mass is 304 g/mol. The number of hydrogen-bond acceptors (Lipinski definition) is 3. The zero-order chi connectivity index (χ0) is 15.7. The fourth-order valence-electron chi connectivity index (χ4n) is 1.68. The van der Waals surface area contributed by atoms with Crippen LogP contribution >= 0.6 is 0 Å². The maximum Gasteiger partial charge on any atom is 0.401 e. The summed E-state index contributed by atoms with van der Waals surface area (Å²) in [5.74, 6) is 0. The first kappa shape index (κ1) is 17.2. The molecule has 5 nitrogen and oxygen atoms in total. The second kappa shape index (κ2) is 8.46. The lowest BCUT2D eigenvalue weighted by molar-refractivity contribution is -0.143. The van der Waals surface area contributed by atoms with Gasteiger partial charge >= 0.3 is 12.2 Å². The van der Waals surface area contributed by atoms with Crippen LogP contribution in [0, 0.1) is 0 Å². The molecule has 0 aliphatic rings. The normalized spacial score (nSPS) is 11.5. The summed E-state index contributed by atoms with van der Waals surface area (Å²) in [6, 6.07) is 3.25. The van der Waals surface area contributed by atoms with Crippen molar-refractivity contribution in [1.29, 1.82) is 0 Å². The van der Waals surface area contributed by atoms with Crippen molar-refractivity contribution in [2.75, 3.05) is 26.7 Å². The van der Waals surface area contributed by atoms with E-state index in [1.54, 1.807) is 18.5 Å². The lowest BCUT2D eigenvalue weighted by atomic mass is 10.3. The number of nitrogens with zero attached hydrogens (tertiary/aromatic N) is 2. The summed E-state index contributed by atoms with van der Waals surface area (Å²) >= 11 is 0. The highest BCUT2D eigenvalue weighted by Gasteiger charge is 2.28. The van der Waals surface area contributed by atoms with E-state index in [2.05, 4.69) is 15.6 Å². The maximum atomic E-state index is 12.1. The third-order valence-electron chi connectivity index (χ3n) is 2.63. The van der Waals surface area contributed by atoms with Crippen molar-refractivity contribution in [3.05, 3.63) is 30.1 Å². The molecule has 2 amide bonds. The van der Waals surface area contributed by atoms with Gasteiger partial charge in [0.2, 0.25) is 0 Å². The van der Waals surface area contributed by atoms with E-state index >= 15 is 0 Å². The molecule has 1 aromatic rings. The molecule has 8 heteroatoms. The summed E-state index contributed by atoms with van der Waals surface area (Å²) in [4.78, 5) is 16.5. The molecule has 0 saturated heterocycles. The Morgan fingerprint density at radius 3 is 2.76 bits per heavy atom. The third-order valence-corrected chi connectivity index (χ3v) is 2.63. The molecule has 1 aromatic heterocycles. The average molecular weight is 304 g/mol. The van der Waals surface area contributed by atoms with Crippen LogP contribution in [-0.4, -0.2) is 48.8 Å². The highest BCUT2D eigenvalue weighted by Crippen LogP contribution is 2.15. The molecule has 0 aliphatic heterocycles. The molecule has 0 spiro atoms. The molecule has 0 radical (unpaired) electrons. The van der Waals surface area contributed by atoms with Crippen LogP contribution in [0.2, 0.25) is 0 Å². The largest absolute Gasteiger partial charge is 0.401 e. The molecule has 21 heavy (non-hydrogen) atoms. The number of carbonyl (C=O) groups is 1. The lowest BCUT2D eigenvalue weighted by Crippen LogP contribution is -2.37. The van der Waals surface area contributed by atoms with Crippen molar-refractivity contribution in [3.63, 3.8) is 0 Å². The van der Waals surface area contributed by atoms with Gasteiger partial charge in [-0.1, -0.05) is 6.07 Å². The quantitative estimate of drug-likeness (QED) is 0.755. The van der Waals surface area contributed by atoms with Crippen LogP contribution in [0.3, 0.4) is 0 Å². The van der Waals surface area contributed by atoms with E-state index in [1.165, 1.54) is 11.9 Å². The Kier molecular flexibility index (Phi) is 6.93. The molecule has 1 heterocycles. The molecule has 0 aliphatic carbocycles. The fraction of sp³-hybridized carbons (Fsp3) is 0.538. The van der Waals surface area contributed by atoms with Gasteiger partial charge < -0.3 is 10.6 Å². The Bertz CT molecular complexity index is 425. The maximum absolute atomic E-state index is 12.1. The summed E-state index contributed by atoms with van der Waals surface area (Å²) in [5, 5.41) is 5.23. The fourth-order valence-corrected chi connectivity index (χ4v) is 1.68. The Hall–Kier alpha value is -1.83. The number of urea groups is 1. The highest BCUT2D eigenvalue weighted by molar-refractivity contribution is 5.73. The molecule has 0 bridgehead atoms. The second-order valence-electron chi connectivity index (χ2n) is 4.68. The highest BCUT2D eigenvalue weighted by atomic mass is 19.4. The Morgan fingerprint density at radius 2 is 2.14 bits per heavy atom. The molecule has 0 fully saturated rings. The number of alkyl halides is 3. The molecule has 0 saturated carbocycles. The molecule has 0 aromatic carbocycles. The summed E-state index contributed by atoms with van der Waals surface area (Å²) in [6.45, 7) is -0.00266. The van der Waals surface area contributed by atoms with Gasteiger partial charge in [-0.15, -0.1) is 0 Å². The van der Waals surface area contributed by atoms with Crippen LogP contribution in [0.15, 0.2) is 24.5 Å². The minimum absolute atomic E-state index is 0.266. The zero-order valence-electron chi connectivity index (χ0n) is 11.8. The SMILES string of the molecule is CN(CCCNC(=O)NCc1cccnc1)CC(F)(F)F. The van der Waals surface area contributed by atoms with Crippen molar-refractivity contribution in [2.24, 2.45) is 0 Å². The number of pyridine rings is 1. The van der Waals surface area contributed by atoms with Crippen LogP contribution < -0.4 is 10.6 Å². The Balaban J connectivity index is 2.08. The van der Waals surface area contributed by atoms with Crippen LogP contribution in [-0.2, 0) is 6.54 Å². The first-order chi connectivity index (χ1) is 9.87. The summed E-state index contributed by atoms with van der Waals surface area (Å²) in [7, 11) is 1.40. The summed E-state index contributed by atoms with van der Waals surface area (Å²) < 4.78 is 36.2. The van der Waals surface area contributed by atoms with Gasteiger partial charge in [-0.2, -0.15) is 13.2 Å². The first-order valence-electron chi connectivity index (χ1n) is 6.53. The van der Waals surface area contributed by atoms with E-state index in [4.69, 9.17) is 0 Å². The van der Waals surface area contributed by atoms with Gasteiger partial charge in [0.15, 0.2) is 0 Å². The molecule has 118 valence electrons. The number of nitrogens with one attached hydrogen (secondary N) is 2. The number of carbonyl (C=O) groups excluding carboxylic acids is 1. The molecular weight excluding hydrogens is 285 g/mol. The second-order valence-corrected chi connectivity index (χ2v) is 4.68. The molecular formula is C13H19F3N4O. The number of rotatable bonds is 7. The molecule has 0 unspecified atom stereocenters. The predicted molar refractivity (Wildman–Crippen MR) is 72.6 cm³/mol. The third kappa shape index (κ3) is 8.85. The van der Waals surface area contributed by atoms with E-state index in [-0.39, 0.29) is 12.6 Å². The number of aromatic nitrogens is 1. The Labute approximate surface area is 121 Å². The van der Waals surface area contributed by atoms with E-state index in [9.17, 15) is 18.0 Å². The molecule has 2 N–H and O–H groups in total. The van der Waals surface area contributed by atoms with E-state index in [1.807, 2.05) is 6.07 Å². The van der Waals surface area contributed by atoms with Gasteiger partial charge in [-0.3, -0.25) is 9.88 Å². The average Bonchev–Trinajstić information content (AvgIpc) is 2.40. The van der Waals surface area contributed by atoms with Crippen molar-refractivity contribution >= 4 is 6.03 Å². The smallest absolute Gasteiger partial charge is 0.338 e. The van der Waals surface area contributed by atoms with Crippen LogP contribution in [0.4, 0.5) is 18.0 Å². The minimum atomic E-state index is -4.19. The number of halogens is 3. The van der Waals surface area contributed by atoms with Gasteiger partial charge in [-0.05, 0) is 31.6 Å². The predicted octanol–water partition coefficient (Wildman–Crippen LogP) is 1.76. The first-order valence-corrected chi connectivity index (χ1v) is 6.53. The van der Waals surface area contributed by atoms with Crippen molar-refractivity contribution in [3.8, 4) is 0 Å². The standard InChI is InChI=1S/C13H19F3N4O/c1-20(10-13(14,15)16)7-3-6-18-12(21)19-9-11-4-2-5-17-8-11/h2,4-5,8H,3,6-7,9-10H2,1H3,(H2,18,19,21). The topological polar surface area (TPSA) is 57.3 Å². The van der Waals surface area contributed by atoms with E-state index in [0.717, 1.165) is 5.56 Å². The van der Waals surface area contributed by atoms with Gasteiger partial charge in [0.05, 0.1) is 6.54 Å². The van der Waals surface area contributed by atoms with Crippen LogP contribution in [0.5, 0.6) is 0 Å².